The normalized spacial score (nSPS) is 16.3. The van der Waals surface area contributed by atoms with E-state index in [0.29, 0.717) is 45.0 Å². The zero-order valence-electron chi connectivity index (χ0n) is 27.1. The van der Waals surface area contributed by atoms with E-state index in [0.717, 1.165) is 19.3 Å². The maximum Gasteiger partial charge on any atom is 0.228 e. The maximum atomic E-state index is 14.0. The Morgan fingerprint density at radius 2 is 1.39 bits per heavy atom. The van der Waals surface area contributed by atoms with Gasteiger partial charge in [-0.1, -0.05) is 69.2 Å². The van der Waals surface area contributed by atoms with Crippen molar-refractivity contribution in [2.75, 3.05) is 26.2 Å². The third-order valence-corrected chi connectivity index (χ3v) is 8.50. The highest BCUT2D eigenvalue weighted by Gasteiger charge is 2.43. The van der Waals surface area contributed by atoms with Crippen molar-refractivity contribution in [1.29, 1.82) is 0 Å². The molecule has 1 fully saturated rings. The molecule has 0 aromatic rings. The molecule has 6 nitrogen and oxygen atoms in total. The van der Waals surface area contributed by atoms with E-state index < -0.39 is 10.8 Å². The average molecular weight is 537 g/mol. The Labute approximate surface area is 234 Å². The number of hydrogen-bond donors (Lipinski definition) is 0. The Balaban J connectivity index is 3.02. The fourth-order valence-electron chi connectivity index (χ4n) is 6.46. The SMILES string of the molecule is CC(=O)CC(C)(C)CC(C)(C)C(=O)N(CCOC(C)C)C1CCN(C(=O)C(C)(C)CC(C)(C)C(C)C)CC1. The highest BCUT2D eigenvalue weighted by molar-refractivity contribution is 5.83. The van der Waals surface area contributed by atoms with Gasteiger partial charge in [-0.05, 0) is 63.2 Å². The Morgan fingerprint density at radius 1 is 0.868 bits per heavy atom. The summed E-state index contributed by atoms with van der Waals surface area (Å²) in [5.41, 5.74) is -1.20. The number of Topliss-reactive ketones (excluding diaryl/α,β-unsaturated/α-hetero) is 1. The molecule has 0 aromatic heterocycles. The van der Waals surface area contributed by atoms with E-state index in [1.165, 1.54) is 0 Å². The second-order valence-corrected chi connectivity index (χ2v) is 15.2. The number of likely N-dealkylation sites (tertiary alicyclic amines) is 1. The van der Waals surface area contributed by atoms with E-state index in [-0.39, 0.29) is 40.6 Å². The molecule has 0 aromatic carbocycles. The van der Waals surface area contributed by atoms with Crippen LogP contribution in [0.5, 0.6) is 0 Å². The van der Waals surface area contributed by atoms with E-state index in [2.05, 4.69) is 55.4 Å². The summed E-state index contributed by atoms with van der Waals surface area (Å²) in [4.78, 5) is 43.4. The molecule has 38 heavy (non-hydrogen) atoms. The summed E-state index contributed by atoms with van der Waals surface area (Å²) >= 11 is 0. The predicted molar refractivity (Wildman–Crippen MR) is 157 cm³/mol. The van der Waals surface area contributed by atoms with Crippen molar-refractivity contribution >= 4 is 17.6 Å². The minimum atomic E-state index is -0.603. The largest absolute Gasteiger partial charge is 0.377 e. The van der Waals surface area contributed by atoms with Gasteiger partial charge in [0.2, 0.25) is 11.8 Å². The summed E-state index contributed by atoms with van der Waals surface area (Å²) in [6.45, 7) is 29.3. The van der Waals surface area contributed by atoms with Crippen molar-refractivity contribution in [2.24, 2.45) is 27.6 Å². The summed E-state index contributed by atoms with van der Waals surface area (Å²) in [5.74, 6) is 0.983. The molecule has 0 atom stereocenters. The number of carbonyl (C=O) groups excluding carboxylic acids is 3. The van der Waals surface area contributed by atoms with Gasteiger partial charge in [-0.3, -0.25) is 9.59 Å². The molecular weight excluding hydrogens is 476 g/mol. The van der Waals surface area contributed by atoms with Gasteiger partial charge in [0, 0.05) is 42.9 Å². The third-order valence-electron chi connectivity index (χ3n) is 8.50. The molecule has 0 saturated carbocycles. The lowest BCUT2D eigenvalue weighted by atomic mass is 9.69. The Morgan fingerprint density at radius 3 is 1.84 bits per heavy atom. The molecule has 0 unspecified atom stereocenters. The van der Waals surface area contributed by atoms with Crippen molar-refractivity contribution in [3.8, 4) is 0 Å². The summed E-state index contributed by atoms with van der Waals surface area (Å²) in [6, 6.07) is 0.0766. The second kappa shape index (κ2) is 13.3. The maximum absolute atomic E-state index is 14.0. The first-order valence-corrected chi connectivity index (χ1v) is 14.8. The minimum absolute atomic E-state index is 0.0766. The first kappa shape index (κ1) is 34.6. The molecule has 1 heterocycles. The lowest BCUT2D eigenvalue weighted by Crippen LogP contribution is -2.54. The lowest BCUT2D eigenvalue weighted by molar-refractivity contribution is -0.149. The molecule has 222 valence electrons. The van der Waals surface area contributed by atoms with Crippen molar-refractivity contribution < 1.29 is 19.1 Å². The van der Waals surface area contributed by atoms with Crippen LogP contribution in [0, 0.1) is 27.6 Å². The van der Waals surface area contributed by atoms with Crippen LogP contribution >= 0.6 is 0 Å². The molecule has 0 bridgehead atoms. The van der Waals surface area contributed by atoms with Crippen molar-refractivity contribution in [2.45, 2.75) is 134 Å². The van der Waals surface area contributed by atoms with Gasteiger partial charge in [-0.15, -0.1) is 0 Å². The number of nitrogens with zero attached hydrogens (tertiary/aromatic N) is 2. The standard InChI is InChI=1S/C32H60N2O4/c1-23(2)30(8,9)22-32(12,13)27(36)33-16-14-26(15-17-33)34(18-19-38-24(3)4)28(37)31(10,11)21-29(6,7)20-25(5)35/h23-24,26H,14-22H2,1-13H3. The molecular formula is C32H60N2O4. The van der Waals surface area contributed by atoms with E-state index in [1.807, 2.05) is 37.5 Å². The van der Waals surface area contributed by atoms with Gasteiger partial charge in [0.15, 0.2) is 0 Å². The smallest absolute Gasteiger partial charge is 0.228 e. The quantitative estimate of drug-likeness (QED) is 0.246. The van der Waals surface area contributed by atoms with Crippen LogP contribution in [0.4, 0.5) is 0 Å². The molecule has 0 radical (unpaired) electrons. The van der Waals surface area contributed by atoms with Gasteiger partial charge >= 0.3 is 0 Å². The lowest BCUT2D eigenvalue weighted by Gasteiger charge is -2.45. The molecule has 1 rings (SSSR count). The summed E-state index contributed by atoms with van der Waals surface area (Å²) in [7, 11) is 0. The first-order chi connectivity index (χ1) is 17.1. The molecule has 6 heteroatoms. The highest BCUT2D eigenvalue weighted by Crippen LogP contribution is 2.41. The van der Waals surface area contributed by atoms with E-state index in [4.69, 9.17) is 4.74 Å². The Kier molecular flexibility index (Phi) is 12.1. The van der Waals surface area contributed by atoms with E-state index in [1.54, 1.807) is 6.92 Å². The summed E-state index contributed by atoms with van der Waals surface area (Å²) < 4.78 is 5.85. The molecule has 1 aliphatic heterocycles. The first-order valence-electron chi connectivity index (χ1n) is 14.8. The molecule has 0 spiro atoms. The molecule has 1 saturated heterocycles. The van der Waals surface area contributed by atoms with E-state index in [9.17, 15) is 14.4 Å². The molecule has 0 aliphatic carbocycles. The average Bonchev–Trinajstić information content (AvgIpc) is 2.73. The number of amides is 2. The molecule has 2 amide bonds. The number of ether oxygens (including phenoxy) is 1. The van der Waals surface area contributed by atoms with Gasteiger partial charge in [0.05, 0.1) is 12.7 Å². The van der Waals surface area contributed by atoms with Gasteiger partial charge < -0.3 is 19.3 Å². The van der Waals surface area contributed by atoms with Crippen molar-refractivity contribution in [3.05, 3.63) is 0 Å². The summed E-state index contributed by atoms with van der Waals surface area (Å²) in [5, 5.41) is 0. The number of piperidine rings is 1. The van der Waals surface area contributed by atoms with Crippen molar-refractivity contribution in [1.82, 2.24) is 9.80 Å². The van der Waals surface area contributed by atoms with Gasteiger partial charge in [0.25, 0.3) is 0 Å². The molecule has 0 N–H and O–H groups in total. The highest BCUT2D eigenvalue weighted by atomic mass is 16.5. The van der Waals surface area contributed by atoms with Crippen LogP contribution in [0.25, 0.3) is 0 Å². The van der Waals surface area contributed by atoms with Crippen LogP contribution < -0.4 is 0 Å². The number of rotatable bonds is 14. The van der Waals surface area contributed by atoms with Crippen LogP contribution in [-0.2, 0) is 19.1 Å². The van der Waals surface area contributed by atoms with Crippen molar-refractivity contribution in [3.63, 3.8) is 0 Å². The fourth-order valence-corrected chi connectivity index (χ4v) is 6.46. The number of hydrogen-bond acceptors (Lipinski definition) is 4. The van der Waals surface area contributed by atoms with E-state index >= 15 is 0 Å². The predicted octanol–water partition coefficient (Wildman–Crippen LogP) is 6.75. The van der Waals surface area contributed by atoms with Gasteiger partial charge in [-0.25, -0.2) is 0 Å². The zero-order valence-corrected chi connectivity index (χ0v) is 27.1. The Bertz CT molecular complexity index is 802. The number of carbonyl (C=O) groups is 3. The zero-order chi connectivity index (χ0) is 29.7. The fraction of sp³-hybridized carbons (Fsp3) is 0.906. The van der Waals surface area contributed by atoms with Crippen LogP contribution in [0.1, 0.15) is 122 Å². The Hall–Kier alpha value is -1.43. The summed E-state index contributed by atoms with van der Waals surface area (Å²) in [6.07, 6.45) is 3.59. The second-order valence-electron chi connectivity index (χ2n) is 15.2. The van der Waals surface area contributed by atoms with Gasteiger partial charge in [0.1, 0.15) is 5.78 Å². The van der Waals surface area contributed by atoms with Crippen LogP contribution in [0.2, 0.25) is 0 Å². The van der Waals surface area contributed by atoms with Gasteiger partial charge in [-0.2, -0.15) is 0 Å². The third kappa shape index (κ3) is 10.3. The monoisotopic (exact) mass is 536 g/mol. The minimum Gasteiger partial charge on any atom is -0.377 e. The molecule has 1 aliphatic rings. The van der Waals surface area contributed by atoms with Crippen LogP contribution in [-0.4, -0.2) is 65.8 Å². The number of ketones is 1. The van der Waals surface area contributed by atoms with Crippen LogP contribution in [0.3, 0.4) is 0 Å². The topological polar surface area (TPSA) is 66.9 Å². The van der Waals surface area contributed by atoms with Crippen LogP contribution in [0.15, 0.2) is 0 Å².